The van der Waals surface area contributed by atoms with Crippen LogP contribution in [-0.4, -0.2) is 42.3 Å². The number of anilines is 2. The van der Waals surface area contributed by atoms with Crippen LogP contribution in [0.15, 0.2) is 59.9 Å². The van der Waals surface area contributed by atoms with Crippen molar-refractivity contribution in [2.45, 2.75) is 45.0 Å². The summed E-state index contributed by atoms with van der Waals surface area (Å²) in [5.74, 6) is -3.10. The maximum absolute atomic E-state index is 13.9. The van der Waals surface area contributed by atoms with Crippen molar-refractivity contribution in [2.24, 2.45) is 5.92 Å². The van der Waals surface area contributed by atoms with Gasteiger partial charge in [-0.25, -0.2) is 9.67 Å². The first-order chi connectivity index (χ1) is 20.8. The maximum atomic E-state index is 13.9. The summed E-state index contributed by atoms with van der Waals surface area (Å²) in [4.78, 5) is 46.6. The normalized spacial score (nSPS) is 17.3. The molecule has 0 radical (unpaired) electrons. The van der Waals surface area contributed by atoms with Gasteiger partial charge >= 0.3 is 18.6 Å². The number of alkyl halides is 5. The molecule has 44 heavy (non-hydrogen) atoms. The third-order valence-electron chi connectivity index (χ3n) is 7.13. The van der Waals surface area contributed by atoms with Gasteiger partial charge < -0.3 is 10.6 Å². The van der Waals surface area contributed by atoms with E-state index in [1.807, 2.05) is 0 Å². The number of carbonyl (C=O) groups is 2. The zero-order valence-corrected chi connectivity index (χ0v) is 23.5. The molecule has 4 heterocycles. The highest BCUT2D eigenvalue weighted by Crippen LogP contribution is 2.35. The molecule has 0 saturated carbocycles. The SMILES string of the molecule is CC1CCCC(n2cnc(-c3cc(Cl)ccc3NC(=O)C(F)(F)F)cc2=O)c2cc(ccn2)-c2c(cnn2C(F)F)NC1=O. The van der Waals surface area contributed by atoms with E-state index in [1.165, 1.54) is 41.4 Å². The van der Waals surface area contributed by atoms with Crippen molar-refractivity contribution >= 4 is 34.8 Å². The van der Waals surface area contributed by atoms with Gasteiger partial charge in [-0.1, -0.05) is 24.9 Å². The zero-order chi connectivity index (χ0) is 31.8. The minimum atomic E-state index is -5.16. The molecule has 3 aromatic heterocycles. The molecule has 0 fully saturated rings. The van der Waals surface area contributed by atoms with Crippen LogP contribution in [0, 0.1) is 5.92 Å². The van der Waals surface area contributed by atoms with Gasteiger partial charge in [0.1, 0.15) is 0 Å². The third-order valence-corrected chi connectivity index (χ3v) is 7.37. The van der Waals surface area contributed by atoms with Crippen LogP contribution in [0.5, 0.6) is 0 Å². The summed E-state index contributed by atoms with van der Waals surface area (Å²) in [6, 6.07) is 7.01. The average molecular weight is 636 g/mol. The molecule has 0 saturated heterocycles. The quantitative estimate of drug-likeness (QED) is 0.263. The molecule has 1 aliphatic heterocycles. The number of amides is 2. The van der Waals surface area contributed by atoms with Crippen molar-refractivity contribution in [1.29, 1.82) is 0 Å². The highest BCUT2D eigenvalue weighted by atomic mass is 35.5. The Labute approximate surface area is 250 Å². The number of pyridine rings is 1. The number of fused-ring (bicyclic) bond motifs is 4. The van der Waals surface area contributed by atoms with Gasteiger partial charge in [-0.2, -0.15) is 27.1 Å². The summed E-state index contributed by atoms with van der Waals surface area (Å²) in [5.41, 5.74) is -0.302. The number of benzene rings is 1. The molecular formula is C28H23ClF5N7O3. The minimum absolute atomic E-state index is 0.0224. The van der Waals surface area contributed by atoms with Crippen molar-refractivity contribution in [3.8, 4) is 22.5 Å². The predicted octanol–water partition coefficient (Wildman–Crippen LogP) is 6.07. The maximum Gasteiger partial charge on any atom is 0.471 e. The number of nitrogens with zero attached hydrogens (tertiary/aromatic N) is 5. The van der Waals surface area contributed by atoms with Gasteiger partial charge in [-0.3, -0.25) is 23.9 Å². The van der Waals surface area contributed by atoms with Crippen LogP contribution in [-0.2, 0) is 9.59 Å². The smallest absolute Gasteiger partial charge is 0.323 e. The molecule has 2 unspecified atom stereocenters. The molecule has 10 nitrogen and oxygen atoms in total. The van der Waals surface area contributed by atoms with E-state index in [4.69, 9.17) is 11.6 Å². The molecule has 230 valence electrons. The van der Waals surface area contributed by atoms with Gasteiger partial charge in [-0.15, -0.1) is 0 Å². The minimum Gasteiger partial charge on any atom is -0.323 e. The Kier molecular flexibility index (Phi) is 8.50. The number of carbonyl (C=O) groups excluding carboxylic acids is 2. The number of rotatable bonds is 4. The summed E-state index contributed by atoms with van der Waals surface area (Å²) < 4.78 is 68.2. The van der Waals surface area contributed by atoms with E-state index in [9.17, 15) is 36.3 Å². The van der Waals surface area contributed by atoms with E-state index in [1.54, 1.807) is 12.2 Å². The molecule has 16 heteroatoms. The van der Waals surface area contributed by atoms with Crippen LogP contribution in [0.2, 0.25) is 5.02 Å². The fourth-order valence-corrected chi connectivity index (χ4v) is 5.10. The Morgan fingerprint density at radius 2 is 1.89 bits per heavy atom. The van der Waals surface area contributed by atoms with Gasteiger partial charge in [0.2, 0.25) is 5.91 Å². The summed E-state index contributed by atoms with van der Waals surface area (Å²) >= 11 is 6.06. The lowest BCUT2D eigenvalue weighted by Gasteiger charge is -2.22. The van der Waals surface area contributed by atoms with E-state index in [0.717, 1.165) is 18.3 Å². The van der Waals surface area contributed by atoms with Gasteiger partial charge in [-0.05, 0) is 43.2 Å². The predicted molar refractivity (Wildman–Crippen MR) is 150 cm³/mol. The Hall–Kier alpha value is -4.66. The number of hydrogen-bond acceptors (Lipinski definition) is 6. The highest BCUT2D eigenvalue weighted by molar-refractivity contribution is 6.31. The lowest BCUT2D eigenvalue weighted by molar-refractivity contribution is -0.167. The van der Waals surface area contributed by atoms with Gasteiger partial charge in [0.25, 0.3) is 5.56 Å². The first-order valence-electron chi connectivity index (χ1n) is 13.2. The van der Waals surface area contributed by atoms with Crippen LogP contribution < -0.4 is 16.2 Å². The summed E-state index contributed by atoms with van der Waals surface area (Å²) in [7, 11) is 0. The molecule has 0 spiro atoms. The van der Waals surface area contributed by atoms with Crippen LogP contribution >= 0.6 is 11.6 Å². The molecule has 2 amide bonds. The number of aromatic nitrogens is 5. The lowest BCUT2D eigenvalue weighted by atomic mass is 9.97. The topological polar surface area (TPSA) is 124 Å². The van der Waals surface area contributed by atoms with E-state index in [2.05, 4.69) is 20.4 Å². The first kappa shape index (κ1) is 30.8. The fourth-order valence-electron chi connectivity index (χ4n) is 4.92. The standard InChI is InChI=1S/C28H23ClF5N7O3/c1-14-3-2-4-22(20-9-15(7-8-35-20)24-21(38-25(14)43)12-37-41(24)27(30)31)40-13-36-19(11-23(40)42)17-10-16(29)5-6-18(17)39-26(44)28(32,33)34/h5-14,22,27H,2-4H2,1H3,(H,38,43)(H,39,44). The molecule has 5 rings (SSSR count). The second-order valence-electron chi connectivity index (χ2n) is 10.1. The molecule has 1 aliphatic rings. The third kappa shape index (κ3) is 6.32. The molecule has 0 aliphatic carbocycles. The molecule has 1 aromatic carbocycles. The number of hydrogen-bond donors (Lipinski definition) is 2. The molecule has 4 aromatic rings. The van der Waals surface area contributed by atoms with E-state index in [0.29, 0.717) is 29.6 Å². The number of nitrogens with one attached hydrogen (secondary N) is 2. The molecule has 2 atom stereocenters. The van der Waals surface area contributed by atoms with Crippen LogP contribution in [0.25, 0.3) is 22.5 Å². The van der Waals surface area contributed by atoms with E-state index < -0.39 is 36.2 Å². The van der Waals surface area contributed by atoms with Gasteiger partial charge in [0.15, 0.2) is 0 Å². The largest absolute Gasteiger partial charge is 0.471 e. The monoisotopic (exact) mass is 635 g/mol. The zero-order valence-electron chi connectivity index (χ0n) is 22.8. The molecule has 2 N–H and O–H groups in total. The molecular weight excluding hydrogens is 613 g/mol. The van der Waals surface area contributed by atoms with Crippen molar-refractivity contribution in [3.05, 3.63) is 76.2 Å². The summed E-state index contributed by atoms with van der Waals surface area (Å²) in [5, 5.41) is 8.31. The van der Waals surface area contributed by atoms with Gasteiger partial charge in [0.05, 0.1) is 47.0 Å². The Morgan fingerprint density at radius 3 is 2.59 bits per heavy atom. The van der Waals surface area contributed by atoms with Crippen molar-refractivity contribution < 1.29 is 31.5 Å². The second-order valence-corrected chi connectivity index (χ2v) is 10.5. The Balaban J connectivity index is 1.58. The van der Waals surface area contributed by atoms with E-state index in [-0.39, 0.29) is 44.8 Å². The van der Waals surface area contributed by atoms with Crippen LogP contribution in [0.3, 0.4) is 0 Å². The van der Waals surface area contributed by atoms with Crippen molar-refractivity contribution in [2.75, 3.05) is 10.6 Å². The number of halogens is 6. The summed E-state index contributed by atoms with van der Waals surface area (Å²) in [6.45, 7) is -1.32. The van der Waals surface area contributed by atoms with Crippen LogP contribution in [0.1, 0.15) is 44.5 Å². The van der Waals surface area contributed by atoms with Crippen molar-refractivity contribution in [1.82, 2.24) is 24.3 Å². The molecule has 2 bridgehead atoms. The first-order valence-corrected chi connectivity index (χ1v) is 13.6. The van der Waals surface area contributed by atoms with E-state index >= 15 is 0 Å². The van der Waals surface area contributed by atoms with Crippen molar-refractivity contribution in [3.63, 3.8) is 0 Å². The van der Waals surface area contributed by atoms with Crippen LogP contribution in [0.4, 0.5) is 33.3 Å². The Bertz CT molecular complexity index is 1790. The second kappa shape index (κ2) is 12.1. The summed E-state index contributed by atoms with van der Waals surface area (Å²) in [6.07, 6.45) is -0.284. The highest BCUT2D eigenvalue weighted by Gasteiger charge is 2.39. The Morgan fingerprint density at radius 1 is 1.11 bits per heavy atom. The average Bonchev–Trinajstić information content (AvgIpc) is 3.39. The lowest BCUT2D eigenvalue weighted by Crippen LogP contribution is -2.30. The van der Waals surface area contributed by atoms with Gasteiger partial charge in [0, 0.05) is 34.3 Å². The fraction of sp³-hybridized carbons (Fsp3) is 0.286.